The smallest absolute Gasteiger partial charge is 0.311 e. The molecule has 4 aliphatic rings. The number of carbonyl (C=O) groups excluding carboxylic acids is 1. The fourth-order valence-electron chi connectivity index (χ4n) is 6.27. The van der Waals surface area contributed by atoms with Crippen LogP contribution in [0.1, 0.15) is 70.8 Å². The summed E-state index contributed by atoms with van der Waals surface area (Å²) >= 11 is 0. The van der Waals surface area contributed by atoms with Crippen molar-refractivity contribution in [3.05, 3.63) is 23.8 Å². The summed E-state index contributed by atoms with van der Waals surface area (Å²) in [6.45, 7) is 4.27. The van der Waals surface area contributed by atoms with Crippen LogP contribution in [0.4, 0.5) is 0 Å². The number of ether oxygens (including phenoxy) is 2. The summed E-state index contributed by atoms with van der Waals surface area (Å²) in [4.78, 5) is 16.8. The van der Waals surface area contributed by atoms with Gasteiger partial charge in [-0.2, -0.15) is 0 Å². The second-order valence-corrected chi connectivity index (χ2v) is 9.37. The lowest BCUT2D eigenvalue weighted by atomic mass is 9.48. The Morgan fingerprint density at radius 3 is 2.39 bits per heavy atom. The van der Waals surface area contributed by atoms with Gasteiger partial charge in [-0.25, -0.2) is 0 Å². The van der Waals surface area contributed by atoms with Crippen LogP contribution in [-0.2, 0) is 4.79 Å². The van der Waals surface area contributed by atoms with E-state index in [1.54, 1.807) is 7.11 Å². The molecule has 0 heterocycles. The fraction of sp³-hybridized carbons (Fsp3) is 0.667. The Morgan fingerprint density at radius 2 is 1.82 bits per heavy atom. The first kappa shape index (κ1) is 19.5. The van der Waals surface area contributed by atoms with Crippen molar-refractivity contribution in [2.45, 2.75) is 71.3 Å². The molecule has 4 aliphatic carbocycles. The topological polar surface area (TPSA) is 47.9 Å². The molecule has 0 amide bonds. The summed E-state index contributed by atoms with van der Waals surface area (Å²) in [5.41, 5.74) is 1.41. The van der Waals surface area contributed by atoms with E-state index in [0.717, 1.165) is 29.7 Å². The van der Waals surface area contributed by atoms with Gasteiger partial charge in [0, 0.05) is 12.6 Å². The van der Waals surface area contributed by atoms with Crippen LogP contribution in [0.5, 0.6) is 11.5 Å². The van der Waals surface area contributed by atoms with Crippen LogP contribution in [0, 0.1) is 23.2 Å². The van der Waals surface area contributed by atoms with Crippen LogP contribution in [0.25, 0.3) is 0 Å². The number of esters is 1. The zero-order valence-electron chi connectivity index (χ0n) is 17.4. The molecular formula is C24H33NO3. The van der Waals surface area contributed by atoms with Crippen molar-refractivity contribution in [2.75, 3.05) is 7.11 Å². The molecule has 0 saturated heterocycles. The quantitative estimate of drug-likeness (QED) is 0.359. The summed E-state index contributed by atoms with van der Waals surface area (Å²) < 4.78 is 10.8. The number of nitrogens with zero attached hydrogens (tertiary/aromatic N) is 1. The van der Waals surface area contributed by atoms with Crippen molar-refractivity contribution >= 4 is 12.2 Å². The molecule has 1 atom stereocenters. The van der Waals surface area contributed by atoms with E-state index in [2.05, 4.69) is 6.92 Å². The molecule has 0 spiro atoms. The maximum absolute atomic E-state index is 11.8. The SMILES string of the molecule is CCCC(=O)Oc1ccc(C=NC(C)C23CC4CC(CC(C4)C2)C3)cc1OC. The van der Waals surface area contributed by atoms with Gasteiger partial charge in [0.1, 0.15) is 0 Å². The second-order valence-electron chi connectivity index (χ2n) is 9.37. The maximum Gasteiger partial charge on any atom is 0.311 e. The van der Waals surface area contributed by atoms with E-state index < -0.39 is 0 Å². The summed E-state index contributed by atoms with van der Waals surface area (Å²) in [6, 6.07) is 6.02. The lowest BCUT2D eigenvalue weighted by Crippen LogP contribution is -2.50. The van der Waals surface area contributed by atoms with Crippen molar-refractivity contribution in [1.29, 1.82) is 0 Å². The number of benzene rings is 1. The molecule has 1 aromatic rings. The van der Waals surface area contributed by atoms with Crippen molar-refractivity contribution in [3.63, 3.8) is 0 Å². The molecule has 1 unspecified atom stereocenters. The predicted octanol–water partition coefficient (Wildman–Crippen LogP) is 5.42. The number of rotatable bonds is 7. The van der Waals surface area contributed by atoms with Crippen molar-refractivity contribution < 1.29 is 14.3 Å². The Kier molecular flexibility index (Phi) is 5.48. The highest BCUT2D eigenvalue weighted by molar-refractivity contribution is 5.82. The highest BCUT2D eigenvalue weighted by atomic mass is 16.6. The molecule has 1 aromatic carbocycles. The Morgan fingerprint density at radius 1 is 1.18 bits per heavy atom. The number of aliphatic imine (C=N–C) groups is 1. The highest BCUT2D eigenvalue weighted by Crippen LogP contribution is 2.61. The summed E-state index contributed by atoms with van der Waals surface area (Å²) in [6.07, 6.45) is 11.7. The third-order valence-corrected chi connectivity index (χ3v) is 7.28. The lowest BCUT2D eigenvalue weighted by Gasteiger charge is -2.58. The van der Waals surface area contributed by atoms with E-state index >= 15 is 0 Å². The Balaban J connectivity index is 1.46. The number of hydrogen-bond acceptors (Lipinski definition) is 4. The Hall–Kier alpha value is -1.84. The van der Waals surface area contributed by atoms with Gasteiger partial charge in [0.15, 0.2) is 11.5 Å². The van der Waals surface area contributed by atoms with E-state index in [1.165, 1.54) is 38.5 Å². The molecule has 152 valence electrons. The first-order valence-corrected chi connectivity index (χ1v) is 10.9. The van der Waals surface area contributed by atoms with Crippen LogP contribution in [0.2, 0.25) is 0 Å². The molecule has 0 aromatic heterocycles. The van der Waals surface area contributed by atoms with E-state index in [4.69, 9.17) is 14.5 Å². The number of methoxy groups -OCH3 is 1. The first-order chi connectivity index (χ1) is 13.5. The number of hydrogen-bond donors (Lipinski definition) is 0. The normalized spacial score (nSPS) is 31.9. The van der Waals surface area contributed by atoms with Crippen LogP contribution >= 0.6 is 0 Å². The van der Waals surface area contributed by atoms with Crippen LogP contribution in [-0.4, -0.2) is 25.3 Å². The van der Waals surface area contributed by atoms with Gasteiger partial charge in [0.25, 0.3) is 0 Å². The minimum atomic E-state index is -0.224. The van der Waals surface area contributed by atoms with Crippen molar-refractivity contribution in [2.24, 2.45) is 28.2 Å². The van der Waals surface area contributed by atoms with Gasteiger partial charge in [-0.05, 0) is 98.8 Å². The van der Waals surface area contributed by atoms with Crippen LogP contribution in [0.15, 0.2) is 23.2 Å². The molecule has 28 heavy (non-hydrogen) atoms. The fourth-order valence-corrected chi connectivity index (χ4v) is 6.27. The minimum absolute atomic E-state index is 0.224. The molecule has 4 nitrogen and oxygen atoms in total. The van der Waals surface area contributed by atoms with Gasteiger partial charge in [-0.1, -0.05) is 6.92 Å². The largest absolute Gasteiger partial charge is 0.493 e. The minimum Gasteiger partial charge on any atom is -0.493 e. The third-order valence-electron chi connectivity index (χ3n) is 7.28. The van der Waals surface area contributed by atoms with Gasteiger partial charge < -0.3 is 9.47 Å². The van der Waals surface area contributed by atoms with Crippen LogP contribution < -0.4 is 9.47 Å². The monoisotopic (exact) mass is 383 g/mol. The molecule has 0 radical (unpaired) electrons. The first-order valence-electron chi connectivity index (χ1n) is 10.9. The van der Waals surface area contributed by atoms with Gasteiger partial charge in [0.2, 0.25) is 0 Å². The summed E-state index contributed by atoms with van der Waals surface area (Å²) in [5.74, 6) is 3.67. The zero-order chi connectivity index (χ0) is 19.7. The molecule has 4 fully saturated rings. The van der Waals surface area contributed by atoms with E-state index in [0.29, 0.717) is 29.4 Å². The maximum atomic E-state index is 11.8. The van der Waals surface area contributed by atoms with E-state index in [9.17, 15) is 4.79 Å². The van der Waals surface area contributed by atoms with Gasteiger partial charge in [0.05, 0.1) is 13.2 Å². The summed E-state index contributed by atoms with van der Waals surface area (Å²) in [5, 5.41) is 0. The predicted molar refractivity (Wildman–Crippen MR) is 111 cm³/mol. The van der Waals surface area contributed by atoms with Crippen molar-refractivity contribution in [1.82, 2.24) is 0 Å². The zero-order valence-corrected chi connectivity index (χ0v) is 17.4. The lowest BCUT2D eigenvalue weighted by molar-refractivity contribution is -0.134. The molecule has 0 aliphatic heterocycles. The second kappa shape index (κ2) is 7.88. The standard InChI is InChI=1S/C24H33NO3/c1-4-5-23(26)28-21-7-6-17(11-22(21)27-3)15-25-16(2)24-12-18-8-19(13-24)10-20(9-18)14-24/h6-7,11,15-16,18-20H,4-5,8-10,12-14H2,1-3H3. The molecule has 4 heteroatoms. The Labute approximate surface area is 168 Å². The van der Waals surface area contributed by atoms with E-state index in [1.807, 2.05) is 31.3 Å². The van der Waals surface area contributed by atoms with Crippen LogP contribution in [0.3, 0.4) is 0 Å². The van der Waals surface area contributed by atoms with Crippen molar-refractivity contribution in [3.8, 4) is 11.5 Å². The van der Waals surface area contributed by atoms with E-state index in [-0.39, 0.29) is 5.97 Å². The third kappa shape index (κ3) is 3.83. The van der Waals surface area contributed by atoms with Gasteiger partial charge in [-0.3, -0.25) is 9.79 Å². The molecule has 4 saturated carbocycles. The molecule has 0 N–H and O–H groups in total. The van der Waals surface area contributed by atoms with Gasteiger partial charge in [-0.15, -0.1) is 0 Å². The molecule has 5 rings (SSSR count). The Bertz CT molecular complexity index is 719. The number of carbonyl (C=O) groups is 1. The average molecular weight is 384 g/mol. The highest BCUT2D eigenvalue weighted by Gasteiger charge is 2.53. The average Bonchev–Trinajstić information content (AvgIpc) is 2.66. The summed E-state index contributed by atoms with van der Waals surface area (Å²) in [7, 11) is 1.60. The van der Waals surface area contributed by atoms with Gasteiger partial charge >= 0.3 is 5.97 Å². The molecular weight excluding hydrogens is 350 g/mol. The molecule has 4 bridgehead atoms.